The molecule has 1 aromatic rings. The van der Waals surface area contributed by atoms with Gasteiger partial charge in [-0.2, -0.15) is 0 Å². The molecule has 1 saturated heterocycles. The zero-order valence-electron chi connectivity index (χ0n) is 36.8. The molecule has 0 spiro atoms. The molecular weight excluding hydrogens is 953 g/mol. The van der Waals surface area contributed by atoms with Crippen LogP contribution in [0.2, 0.25) is 0 Å². The van der Waals surface area contributed by atoms with Crippen LogP contribution < -0.4 is 31.3 Å². The van der Waals surface area contributed by atoms with Gasteiger partial charge in [-0.25, -0.2) is 4.57 Å². The van der Waals surface area contributed by atoms with Gasteiger partial charge in [0.25, 0.3) is 12.9 Å². The van der Waals surface area contributed by atoms with Crippen molar-refractivity contribution in [2.75, 3.05) is 130 Å². The molecule has 1 fully saturated rings. The summed E-state index contributed by atoms with van der Waals surface area (Å²) in [5.41, 5.74) is 0.407. The number of methoxy groups -OCH3 is 1. The number of carboxylic acids is 4. The van der Waals surface area contributed by atoms with Crippen LogP contribution in [0, 0.1) is 0 Å². The smallest absolute Gasteiger partial charge is 0.472 e. The fourth-order valence-corrected chi connectivity index (χ4v) is 7.11. The number of phosphoric ester groups is 1. The number of carboxylic acid groups (broad SMARTS) is 4. The summed E-state index contributed by atoms with van der Waals surface area (Å²) in [4.78, 5) is 122. The maximum Gasteiger partial charge on any atom is 0.472 e. The molecule has 31 heteroatoms. The van der Waals surface area contributed by atoms with Gasteiger partial charge in [0.1, 0.15) is 18.4 Å². The highest BCUT2D eigenvalue weighted by atomic mass is 32.1. The number of amides is 3. The quantitative estimate of drug-likeness (QED) is 0.0157. The number of rotatable bonds is 29. The molecule has 0 aromatic heterocycles. The minimum absolute atomic E-state index is 0.0132. The predicted octanol–water partition coefficient (Wildman–Crippen LogP) is -4.22. The van der Waals surface area contributed by atoms with Gasteiger partial charge < -0.3 is 66.1 Å². The van der Waals surface area contributed by atoms with Gasteiger partial charge in [0, 0.05) is 70.2 Å². The Morgan fingerprint density at radius 2 is 1.22 bits per heavy atom. The number of phosphoric acid groups is 1. The van der Waals surface area contributed by atoms with Gasteiger partial charge in [-0.3, -0.25) is 71.8 Å². The number of anilines is 1. The second kappa shape index (κ2) is 31.0. The van der Waals surface area contributed by atoms with E-state index in [2.05, 4.69) is 45.1 Å². The molecular formula is C37H56N9O20PS. The van der Waals surface area contributed by atoms with E-state index < -0.39 is 114 Å². The second-order valence-electron chi connectivity index (χ2n) is 14.3. The zero-order valence-corrected chi connectivity index (χ0v) is 38.5. The highest BCUT2D eigenvalue weighted by molar-refractivity contribution is 7.80. The first-order valence-corrected chi connectivity index (χ1v) is 22.2. The molecule has 1 aliphatic heterocycles. The number of benzene rings is 1. The van der Waals surface area contributed by atoms with Crippen LogP contribution in [0.3, 0.4) is 0 Å². The Morgan fingerprint density at radius 1 is 0.721 bits per heavy atom. The Labute approximate surface area is 393 Å². The SMILES string of the molecule is COc1ccc(NC(=S)NCC(=O)NCC(=O)NCC(=O)NCCOP(=O)(O)OCC(COC=O)OC=O)cc1C(C(=O)O)N1CCN(CC(=O)O)CCN(CC(=O)O)CCN(CC(=O)O)CC1. The van der Waals surface area contributed by atoms with Crippen molar-refractivity contribution >= 4 is 85.4 Å². The lowest BCUT2D eigenvalue weighted by Gasteiger charge is -2.35. The van der Waals surface area contributed by atoms with E-state index in [1.165, 1.54) is 25.3 Å². The molecule has 0 aliphatic carbocycles. The maximum atomic E-state index is 13.1. The van der Waals surface area contributed by atoms with Crippen LogP contribution in [0.5, 0.6) is 5.75 Å². The monoisotopic (exact) mass is 1010 g/mol. The number of carbonyl (C=O) groups is 9. The van der Waals surface area contributed by atoms with Crippen LogP contribution in [0.15, 0.2) is 18.2 Å². The first-order chi connectivity index (χ1) is 32.2. The van der Waals surface area contributed by atoms with E-state index >= 15 is 0 Å². The van der Waals surface area contributed by atoms with Crippen LogP contribution in [-0.4, -0.2) is 236 Å². The average Bonchev–Trinajstić information content (AvgIpc) is 3.26. The second-order valence-corrected chi connectivity index (χ2v) is 16.2. The van der Waals surface area contributed by atoms with Crippen LogP contribution in [0.1, 0.15) is 11.6 Å². The Balaban J connectivity index is 1.99. The topological polar surface area (TPSA) is 391 Å². The van der Waals surface area contributed by atoms with Crippen molar-refractivity contribution in [2.24, 2.45) is 0 Å². The van der Waals surface area contributed by atoms with Crippen molar-refractivity contribution in [1.29, 1.82) is 0 Å². The Hall–Kier alpha value is -6.11. The fourth-order valence-electron chi connectivity index (χ4n) is 6.17. The predicted molar refractivity (Wildman–Crippen MR) is 235 cm³/mol. The summed E-state index contributed by atoms with van der Waals surface area (Å²) in [5.74, 6) is -6.76. The van der Waals surface area contributed by atoms with Crippen molar-refractivity contribution < 1.29 is 96.3 Å². The Bertz CT molecular complexity index is 1920. The molecule has 0 bridgehead atoms. The molecule has 68 heavy (non-hydrogen) atoms. The Kier molecular flexibility index (Phi) is 26.5. The summed E-state index contributed by atoms with van der Waals surface area (Å²) in [6, 6.07) is 3.02. The number of aliphatic carboxylic acids is 4. The molecule has 0 radical (unpaired) electrons. The van der Waals surface area contributed by atoms with Gasteiger partial charge in [-0.05, 0) is 30.4 Å². The maximum absolute atomic E-state index is 13.1. The van der Waals surface area contributed by atoms with E-state index in [0.717, 1.165) is 0 Å². The minimum Gasteiger partial charge on any atom is -0.496 e. The number of nitrogens with zero attached hydrogens (tertiary/aromatic N) is 4. The molecule has 3 atom stereocenters. The van der Waals surface area contributed by atoms with Crippen LogP contribution in [0.25, 0.3) is 0 Å². The summed E-state index contributed by atoms with van der Waals surface area (Å²) in [5, 5.41) is 51.5. The Morgan fingerprint density at radius 3 is 1.69 bits per heavy atom. The van der Waals surface area contributed by atoms with E-state index in [-0.39, 0.29) is 101 Å². The molecule has 1 aromatic carbocycles. The third kappa shape index (κ3) is 24.1. The zero-order chi connectivity index (χ0) is 50.6. The van der Waals surface area contributed by atoms with Crippen molar-refractivity contribution in [3.63, 3.8) is 0 Å². The van der Waals surface area contributed by atoms with Crippen LogP contribution >= 0.6 is 20.0 Å². The van der Waals surface area contributed by atoms with Crippen molar-refractivity contribution in [2.45, 2.75) is 12.1 Å². The molecule has 1 aliphatic rings. The summed E-state index contributed by atoms with van der Waals surface area (Å²) < 4.78 is 35.8. The normalized spacial score (nSPS) is 16.1. The molecule has 1 heterocycles. The molecule has 0 saturated carbocycles. The van der Waals surface area contributed by atoms with E-state index in [4.69, 9.17) is 17.0 Å². The van der Waals surface area contributed by atoms with E-state index in [1.807, 2.05) is 0 Å². The largest absolute Gasteiger partial charge is 0.496 e. The highest BCUT2D eigenvalue weighted by Crippen LogP contribution is 2.43. The van der Waals surface area contributed by atoms with Gasteiger partial charge >= 0.3 is 31.7 Å². The number of nitrogens with one attached hydrogen (secondary N) is 5. The first-order valence-electron chi connectivity index (χ1n) is 20.3. The van der Waals surface area contributed by atoms with Gasteiger partial charge in [0.2, 0.25) is 17.7 Å². The molecule has 10 N–H and O–H groups in total. The summed E-state index contributed by atoms with van der Waals surface area (Å²) in [6.07, 6.45) is -1.19. The number of carbonyl (C=O) groups excluding carboxylic acids is 5. The summed E-state index contributed by atoms with van der Waals surface area (Å²) in [7, 11) is -3.34. The van der Waals surface area contributed by atoms with Gasteiger partial charge in [-0.15, -0.1) is 0 Å². The van der Waals surface area contributed by atoms with E-state index in [1.54, 1.807) is 19.6 Å². The van der Waals surface area contributed by atoms with Crippen molar-refractivity contribution in [1.82, 2.24) is 40.9 Å². The highest BCUT2D eigenvalue weighted by Gasteiger charge is 2.32. The molecule has 3 unspecified atom stereocenters. The van der Waals surface area contributed by atoms with Gasteiger partial charge in [-0.1, -0.05) is 0 Å². The third-order valence-corrected chi connectivity index (χ3v) is 10.6. The molecule has 3 amide bonds. The van der Waals surface area contributed by atoms with Gasteiger partial charge in [0.05, 0.1) is 59.6 Å². The lowest BCUT2D eigenvalue weighted by molar-refractivity contribution is -0.145. The number of thiocarbonyl (C=S) groups is 1. The first kappa shape index (κ1) is 58.0. The number of ether oxygens (including phenoxy) is 3. The van der Waals surface area contributed by atoms with E-state index in [9.17, 15) is 73.0 Å². The molecule has 29 nitrogen and oxygen atoms in total. The fraction of sp³-hybridized carbons (Fsp3) is 0.568. The van der Waals surface area contributed by atoms with E-state index in [0.29, 0.717) is 0 Å². The van der Waals surface area contributed by atoms with Crippen molar-refractivity contribution in [3.8, 4) is 5.75 Å². The molecule has 380 valence electrons. The van der Waals surface area contributed by atoms with Crippen molar-refractivity contribution in [3.05, 3.63) is 23.8 Å². The standard InChI is InChI=1S/C37H56N9O20PS/c1-62-28-3-2-25(14-27(28)35(36(58)59)46-11-9-44(19-33(54)55)7-5-43(18-32(52)53)6-8-45(10-12-46)20-34(56)57)42-37(68)41-17-31(51)40-16-30(50)39-15-29(49)38-4-13-65-67(60,61)66-22-26(64-24-48)21-63-23-47/h2-3,14,23-24,26,35H,4-13,15-22H2,1H3,(H,38,49)(H,39,50)(H,40,51)(H,52,53)(H,54,55)(H,56,57)(H,58,59)(H,60,61)(H2,41,42,68). The minimum atomic E-state index is -4.66. The third-order valence-electron chi connectivity index (χ3n) is 9.33. The lowest BCUT2D eigenvalue weighted by Crippen LogP contribution is -2.49. The average molecular weight is 1010 g/mol. The lowest BCUT2D eigenvalue weighted by atomic mass is 10.0. The number of hydrogen-bond donors (Lipinski definition) is 10. The van der Waals surface area contributed by atoms with Crippen LogP contribution in [0.4, 0.5) is 5.69 Å². The van der Waals surface area contributed by atoms with Crippen LogP contribution in [-0.2, 0) is 66.2 Å². The summed E-state index contributed by atoms with van der Waals surface area (Å²) in [6.45, 7) is -3.94. The summed E-state index contributed by atoms with van der Waals surface area (Å²) >= 11 is 5.32. The van der Waals surface area contributed by atoms with Gasteiger partial charge in [0.15, 0.2) is 11.2 Å². The number of hydrogen-bond acceptors (Lipinski definition) is 20. The molecule has 2 rings (SSSR count).